The predicted octanol–water partition coefficient (Wildman–Crippen LogP) is -0.588. The summed E-state index contributed by atoms with van der Waals surface area (Å²) in [6.45, 7) is -0.00925. The van der Waals surface area contributed by atoms with E-state index in [-0.39, 0.29) is 12.5 Å². The molecule has 1 heterocycles. The topological polar surface area (TPSA) is 130 Å². The Morgan fingerprint density at radius 1 is 1.47 bits per heavy atom. The van der Waals surface area contributed by atoms with Gasteiger partial charge in [-0.1, -0.05) is 0 Å². The molecule has 0 saturated carbocycles. The number of aliphatic hydroxyl groups is 1. The van der Waals surface area contributed by atoms with E-state index in [1.165, 1.54) is 0 Å². The Kier molecular flexibility index (Phi) is 3.57. The number of hydrogen-bond donors (Lipinski definition) is 5. The number of amides is 2. The molecule has 1 aliphatic rings. The molecule has 2 rings (SSSR count). The van der Waals surface area contributed by atoms with Crippen LogP contribution in [0, 0.1) is 0 Å². The van der Waals surface area contributed by atoms with Gasteiger partial charge in [0.15, 0.2) is 0 Å². The van der Waals surface area contributed by atoms with Gasteiger partial charge in [-0.25, -0.2) is 0 Å². The van der Waals surface area contributed by atoms with Gasteiger partial charge in [0.05, 0.1) is 11.4 Å². The van der Waals surface area contributed by atoms with Gasteiger partial charge in [0.25, 0.3) is 0 Å². The van der Waals surface area contributed by atoms with Gasteiger partial charge in [0.1, 0.15) is 6.10 Å². The van der Waals surface area contributed by atoms with E-state index in [2.05, 4.69) is 10.6 Å². The first-order valence-corrected chi connectivity index (χ1v) is 5.91. The number of nitrogen functional groups attached to an aromatic ring is 1. The van der Waals surface area contributed by atoms with Crippen molar-refractivity contribution in [3.05, 3.63) is 17.7 Å². The number of aliphatic hydroxyl groups excluding tert-OH is 1. The lowest BCUT2D eigenvalue weighted by Gasteiger charge is -2.20. The third kappa shape index (κ3) is 2.94. The Morgan fingerprint density at radius 3 is 2.89 bits per heavy atom. The van der Waals surface area contributed by atoms with Crippen molar-refractivity contribution in [2.24, 2.45) is 5.73 Å². The first kappa shape index (κ1) is 13.2. The zero-order valence-electron chi connectivity index (χ0n) is 10.3. The van der Waals surface area contributed by atoms with Crippen LogP contribution in [0.15, 0.2) is 12.1 Å². The van der Waals surface area contributed by atoms with Crippen LogP contribution in [-0.4, -0.2) is 29.6 Å². The number of primary amides is 1. The van der Waals surface area contributed by atoms with Gasteiger partial charge in [-0.3, -0.25) is 9.59 Å². The molecule has 0 fully saturated rings. The average Bonchev–Trinajstić information content (AvgIpc) is 2.35. The first-order chi connectivity index (χ1) is 8.97. The van der Waals surface area contributed by atoms with Crippen LogP contribution in [0.3, 0.4) is 0 Å². The van der Waals surface area contributed by atoms with Crippen LogP contribution in [0.5, 0.6) is 0 Å². The van der Waals surface area contributed by atoms with Crippen molar-refractivity contribution in [2.75, 3.05) is 22.9 Å². The van der Waals surface area contributed by atoms with Crippen LogP contribution in [0.1, 0.15) is 12.0 Å². The molecule has 0 saturated heterocycles. The molecule has 1 unspecified atom stereocenters. The lowest BCUT2D eigenvalue weighted by atomic mass is 10.0. The summed E-state index contributed by atoms with van der Waals surface area (Å²) in [5.41, 5.74) is 13.5. The number of hydrogen-bond acceptors (Lipinski definition) is 5. The Morgan fingerprint density at radius 2 is 2.21 bits per heavy atom. The number of rotatable bonds is 4. The summed E-state index contributed by atoms with van der Waals surface area (Å²) in [4.78, 5) is 22.0. The zero-order valence-corrected chi connectivity index (χ0v) is 10.3. The lowest BCUT2D eigenvalue weighted by Crippen LogP contribution is -2.34. The van der Waals surface area contributed by atoms with Gasteiger partial charge in [-0.05, 0) is 24.1 Å². The SMILES string of the molecule is NC(=O)C(O)CNc1cc2c(cc1N)NC(=O)CC2. The normalized spacial score (nSPS) is 15.3. The minimum Gasteiger partial charge on any atom is -0.397 e. The lowest BCUT2D eigenvalue weighted by molar-refractivity contribution is -0.125. The smallest absolute Gasteiger partial charge is 0.248 e. The molecule has 0 bridgehead atoms. The second-order valence-corrected chi connectivity index (χ2v) is 4.44. The molecule has 0 aliphatic carbocycles. The van der Waals surface area contributed by atoms with E-state index in [1.807, 2.05) is 0 Å². The summed E-state index contributed by atoms with van der Waals surface area (Å²) < 4.78 is 0. The quantitative estimate of drug-likeness (QED) is 0.464. The fourth-order valence-electron chi connectivity index (χ4n) is 1.91. The monoisotopic (exact) mass is 264 g/mol. The van der Waals surface area contributed by atoms with E-state index in [0.29, 0.717) is 29.9 Å². The molecule has 7 nitrogen and oxygen atoms in total. The highest BCUT2D eigenvalue weighted by atomic mass is 16.3. The largest absolute Gasteiger partial charge is 0.397 e. The zero-order chi connectivity index (χ0) is 14.0. The van der Waals surface area contributed by atoms with Crippen molar-refractivity contribution in [1.82, 2.24) is 0 Å². The van der Waals surface area contributed by atoms with Crippen molar-refractivity contribution in [3.8, 4) is 0 Å². The molecular formula is C12H16N4O3. The molecule has 1 atom stereocenters. The third-order valence-electron chi connectivity index (χ3n) is 2.99. The maximum Gasteiger partial charge on any atom is 0.248 e. The second-order valence-electron chi connectivity index (χ2n) is 4.44. The van der Waals surface area contributed by atoms with Gasteiger partial charge < -0.3 is 27.2 Å². The summed E-state index contributed by atoms with van der Waals surface area (Å²) in [6.07, 6.45) is -0.204. The van der Waals surface area contributed by atoms with Crippen LogP contribution >= 0.6 is 0 Å². The van der Waals surface area contributed by atoms with E-state index < -0.39 is 12.0 Å². The predicted molar refractivity (Wildman–Crippen MR) is 71.5 cm³/mol. The van der Waals surface area contributed by atoms with Gasteiger partial charge in [0, 0.05) is 18.7 Å². The highest BCUT2D eigenvalue weighted by Gasteiger charge is 2.17. The fourth-order valence-corrected chi connectivity index (χ4v) is 1.91. The Labute approximate surface area is 110 Å². The summed E-state index contributed by atoms with van der Waals surface area (Å²) >= 11 is 0. The molecule has 0 radical (unpaired) electrons. The minimum absolute atomic E-state index is 0.00925. The number of fused-ring (bicyclic) bond motifs is 1. The molecule has 1 aromatic carbocycles. The molecule has 19 heavy (non-hydrogen) atoms. The number of anilines is 3. The number of aryl methyl sites for hydroxylation is 1. The first-order valence-electron chi connectivity index (χ1n) is 5.91. The van der Waals surface area contributed by atoms with E-state index in [4.69, 9.17) is 11.5 Å². The Balaban J connectivity index is 2.14. The number of carbonyl (C=O) groups is 2. The van der Waals surface area contributed by atoms with Crippen molar-refractivity contribution < 1.29 is 14.7 Å². The molecule has 0 aromatic heterocycles. The van der Waals surface area contributed by atoms with Gasteiger partial charge >= 0.3 is 0 Å². The maximum atomic E-state index is 11.3. The van der Waals surface area contributed by atoms with E-state index in [1.54, 1.807) is 12.1 Å². The van der Waals surface area contributed by atoms with E-state index in [9.17, 15) is 14.7 Å². The second kappa shape index (κ2) is 5.15. The summed E-state index contributed by atoms with van der Waals surface area (Å²) in [5.74, 6) is -0.826. The van der Waals surface area contributed by atoms with Crippen LogP contribution in [0.4, 0.5) is 17.1 Å². The highest BCUT2D eigenvalue weighted by molar-refractivity contribution is 5.95. The molecule has 7 heteroatoms. The number of benzene rings is 1. The van der Waals surface area contributed by atoms with Crippen LogP contribution < -0.4 is 22.1 Å². The van der Waals surface area contributed by atoms with Gasteiger partial charge in [-0.15, -0.1) is 0 Å². The van der Waals surface area contributed by atoms with E-state index >= 15 is 0 Å². The summed E-state index contributed by atoms with van der Waals surface area (Å²) in [7, 11) is 0. The number of nitrogens with one attached hydrogen (secondary N) is 2. The third-order valence-corrected chi connectivity index (χ3v) is 2.99. The van der Waals surface area contributed by atoms with Crippen molar-refractivity contribution in [1.29, 1.82) is 0 Å². The van der Waals surface area contributed by atoms with E-state index in [0.717, 1.165) is 5.56 Å². The molecule has 2 amide bonds. The van der Waals surface area contributed by atoms with Crippen molar-refractivity contribution >= 4 is 28.9 Å². The maximum absolute atomic E-state index is 11.3. The van der Waals surface area contributed by atoms with Crippen molar-refractivity contribution in [2.45, 2.75) is 18.9 Å². The van der Waals surface area contributed by atoms with Crippen LogP contribution in [-0.2, 0) is 16.0 Å². The molecule has 1 aromatic rings. The van der Waals surface area contributed by atoms with Crippen molar-refractivity contribution in [3.63, 3.8) is 0 Å². The standard InChI is InChI=1S/C12H16N4O3/c13-7-4-8-6(1-2-11(18)16-8)3-9(7)15-5-10(17)12(14)19/h3-4,10,15,17H,1-2,5,13H2,(H2,14,19)(H,16,18). The molecule has 7 N–H and O–H groups in total. The minimum atomic E-state index is -1.27. The van der Waals surface area contributed by atoms with Gasteiger partial charge in [0.2, 0.25) is 11.8 Å². The Hall–Kier alpha value is -2.28. The highest BCUT2D eigenvalue weighted by Crippen LogP contribution is 2.30. The summed E-state index contributed by atoms with van der Waals surface area (Å²) in [5, 5.41) is 14.9. The molecule has 0 spiro atoms. The number of carbonyl (C=O) groups excluding carboxylic acids is 2. The fraction of sp³-hybridized carbons (Fsp3) is 0.333. The van der Waals surface area contributed by atoms with Crippen LogP contribution in [0.25, 0.3) is 0 Å². The summed E-state index contributed by atoms with van der Waals surface area (Å²) in [6, 6.07) is 3.46. The van der Waals surface area contributed by atoms with Gasteiger partial charge in [-0.2, -0.15) is 0 Å². The molecule has 102 valence electrons. The average molecular weight is 264 g/mol. The molecule has 1 aliphatic heterocycles. The van der Waals surface area contributed by atoms with Crippen LogP contribution in [0.2, 0.25) is 0 Å². The molecular weight excluding hydrogens is 248 g/mol. The Bertz CT molecular complexity index is 530. The number of nitrogens with two attached hydrogens (primary N) is 2.